The van der Waals surface area contributed by atoms with E-state index in [9.17, 15) is 14.3 Å². The summed E-state index contributed by atoms with van der Waals surface area (Å²) in [6.45, 7) is 0.619. The molecule has 0 atom stereocenters. The number of rotatable bonds is 2. The second-order valence-corrected chi connectivity index (χ2v) is 4.74. The van der Waals surface area contributed by atoms with Crippen LogP contribution in [0.25, 0.3) is 11.1 Å². The molecule has 0 saturated carbocycles. The maximum Gasteiger partial charge on any atom is 0.336 e. The second-order valence-electron chi connectivity index (χ2n) is 4.74. The maximum absolute atomic E-state index is 13.3. The van der Waals surface area contributed by atoms with Crippen LogP contribution in [-0.2, 0) is 6.42 Å². The van der Waals surface area contributed by atoms with Gasteiger partial charge in [-0.15, -0.1) is 0 Å². The summed E-state index contributed by atoms with van der Waals surface area (Å²) < 4.78 is 19.0. The largest absolute Gasteiger partial charge is 0.493 e. The number of carboxylic acids is 1. The van der Waals surface area contributed by atoms with Crippen LogP contribution in [0.2, 0.25) is 0 Å². The van der Waals surface area contributed by atoms with Crippen LogP contribution in [0, 0.1) is 5.82 Å². The first-order valence-corrected chi connectivity index (χ1v) is 6.45. The lowest BCUT2D eigenvalue weighted by Crippen LogP contribution is -2.10. The van der Waals surface area contributed by atoms with E-state index in [1.807, 2.05) is 18.2 Å². The normalized spacial score (nSPS) is 13.4. The van der Waals surface area contributed by atoms with Gasteiger partial charge in [-0.2, -0.15) is 0 Å². The Morgan fingerprint density at radius 1 is 1.20 bits per heavy atom. The van der Waals surface area contributed by atoms with Gasteiger partial charge in [0, 0.05) is 11.1 Å². The molecule has 1 heterocycles. The maximum atomic E-state index is 13.3. The SMILES string of the molecule is O=C(O)c1cc(F)ccc1-c1cccc2c1OCCC2. The molecule has 0 radical (unpaired) electrons. The van der Waals surface area contributed by atoms with Crippen molar-refractivity contribution < 1.29 is 19.0 Å². The number of halogens is 1. The van der Waals surface area contributed by atoms with Crippen LogP contribution in [0.3, 0.4) is 0 Å². The third kappa shape index (κ3) is 2.13. The van der Waals surface area contributed by atoms with Gasteiger partial charge in [0.2, 0.25) is 0 Å². The van der Waals surface area contributed by atoms with Gasteiger partial charge in [-0.3, -0.25) is 0 Å². The van der Waals surface area contributed by atoms with Crippen LogP contribution in [0.15, 0.2) is 36.4 Å². The zero-order valence-electron chi connectivity index (χ0n) is 10.7. The predicted octanol–water partition coefficient (Wildman–Crippen LogP) is 3.52. The van der Waals surface area contributed by atoms with Gasteiger partial charge in [0.05, 0.1) is 12.2 Å². The average Bonchev–Trinajstić information content (AvgIpc) is 2.46. The number of fused-ring (bicyclic) bond motifs is 1. The van der Waals surface area contributed by atoms with E-state index in [4.69, 9.17) is 4.74 Å². The molecule has 1 N–H and O–H groups in total. The second kappa shape index (κ2) is 4.96. The molecule has 0 spiro atoms. The summed E-state index contributed by atoms with van der Waals surface area (Å²) in [6, 6.07) is 9.46. The lowest BCUT2D eigenvalue weighted by molar-refractivity contribution is 0.0697. The molecule has 0 saturated heterocycles. The molecular formula is C16H13FO3. The highest BCUT2D eigenvalue weighted by Crippen LogP contribution is 2.37. The minimum atomic E-state index is -1.15. The number of carboxylic acid groups (broad SMARTS) is 1. The molecule has 4 heteroatoms. The number of hydrogen-bond donors (Lipinski definition) is 1. The molecule has 0 aromatic heterocycles. The van der Waals surface area contributed by atoms with Gasteiger partial charge < -0.3 is 9.84 Å². The highest BCUT2D eigenvalue weighted by atomic mass is 19.1. The fourth-order valence-electron chi connectivity index (χ4n) is 2.53. The summed E-state index contributed by atoms with van der Waals surface area (Å²) in [5, 5.41) is 9.25. The van der Waals surface area contributed by atoms with Gasteiger partial charge in [0.25, 0.3) is 0 Å². The zero-order valence-corrected chi connectivity index (χ0v) is 10.7. The van der Waals surface area contributed by atoms with Gasteiger partial charge >= 0.3 is 5.97 Å². The van der Waals surface area contributed by atoms with E-state index >= 15 is 0 Å². The lowest BCUT2D eigenvalue weighted by atomic mass is 9.94. The Bertz CT molecular complexity index is 679. The van der Waals surface area contributed by atoms with Crippen LogP contribution >= 0.6 is 0 Å². The molecule has 3 rings (SSSR count). The van der Waals surface area contributed by atoms with Crippen molar-refractivity contribution in [2.75, 3.05) is 6.61 Å². The molecule has 20 heavy (non-hydrogen) atoms. The molecule has 0 unspecified atom stereocenters. The molecule has 0 bridgehead atoms. The Morgan fingerprint density at radius 3 is 2.85 bits per heavy atom. The first-order chi connectivity index (χ1) is 9.66. The van der Waals surface area contributed by atoms with Gasteiger partial charge in [-0.25, -0.2) is 9.18 Å². The fraction of sp³-hybridized carbons (Fsp3) is 0.188. The van der Waals surface area contributed by atoms with Gasteiger partial charge in [0.1, 0.15) is 11.6 Å². The van der Waals surface area contributed by atoms with Crippen molar-refractivity contribution in [1.82, 2.24) is 0 Å². The molecule has 2 aromatic carbocycles. The molecule has 0 aliphatic carbocycles. The van der Waals surface area contributed by atoms with Crippen molar-refractivity contribution >= 4 is 5.97 Å². The Labute approximate surface area is 115 Å². The number of para-hydroxylation sites is 1. The highest BCUT2D eigenvalue weighted by molar-refractivity contribution is 5.97. The summed E-state index contributed by atoms with van der Waals surface area (Å²) in [5.41, 5.74) is 2.21. The molecule has 2 aromatic rings. The van der Waals surface area contributed by atoms with Crippen molar-refractivity contribution in [3.8, 4) is 16.9 Å². The molecule has 1 aliphatic rings. The summed E-state index contributed by atoms with van der Waals surface area (Å²) in [7, 11) is 0. The summed E-state index contributed by atoms with van der Waals surface area (Å²) >= 11 is 0. The molecule has 0 amide bonds. The van der Waals surface area contributed by atoms with Crippen molar-refractivity contribution in [3.05, 3.63) is 53.3 Å². The van der Waals surface area contributed by atoms with E-state index in [1.165, 1.54) is 12.1 Å². The smallest absolute Gasteiger partial charge is 0.336 e. The van der Waals surface area contributed by atoms with E-state index in [1.54, 1.807) is 0 Å². The Morgan fingerprint density at radius 2 is 2.05 bits per heavy atom. The number of ether oxygens (including phenoxy) is 1. The third-order valence-electron chi connectivity index (χ3n) is 3.44. The first-order valence-electron chi connectivity index (χ1n) is 6.45. The standard InChI is InChI=1S/C16H13FO3/c17-11-6-7-12(14(9-11)16(18)19)13-5-1-3-10-4-2-8-20-15(10)13/h1,3,5-7,9H,2,4,8H2,(H,18,19). The Balaban J connectivity index is 2.21. The van der Waals surface area contributed by atoms with Gasteiger partial charge in [-0.1, -0.05) is 24.3 Å². The molecule has 0 fully saturated rings. The molecule has 1 aliphatic heterocycles. The number of carbonyl (C=O) groups is 1. The number of aromatic carboxylic acids is 1. The monoisotopic (exact) mass is 272 g/mol. The van der Waals surface area contributed by atoms with Crippen molar-refractivity contribution in [2.24, 2.45) is 0 Å². The number of hydrogen-bond acceptors (Lipinski definition) is 2. The Hall–Kier alpha value is -2.36. The average molecular weight is 272 g/mol. The van der Waals surface area contributed by atoms with Crippen molar-refractivity contribution in [1.29, 1.82) is 0 Å². The van der Waals surface area contributed by atoms with Crippen molar-refractivity contribution in [3.63, 3.8) is 0 Å². The van der Waals surface area contributed by atoms with E-state index in [0.717, 1.165) is 24.5 Å². The number of benzene rings is 2. The minimum absolute atomic E-state index is 0.0485. The van der Waals surface area contributed by atoms with Crippen LogP contribution in [0.1, 0.15) is 22.3 Å². The first kappa shape index (κ1) is 12.7. The summed E-state index contributed by atoms with van der Waals surface area (Å²) in [6.07, 6.45) is 1.86. The zero-order chi connectivity index (χ0) is 14.1. The van der Waals surface area contributed by atoms with Crippen LogP contribution < -0.4 is 4.74 Å². The lowest BCUT2D eigenvalue weighted by Gasteiger charge is -2.21. The highest BCUT2D eigenvalue weighted by Gasteiger charge is 2.20. The fourth-order valence-corrected chi connectivity index (χ4v) is 2.53. The van der Waals surface area contributed by atoms with E-state index in [0.29, 0.717) is 23.5 Å². The van der Waals surface area contributed by atoms with Crippen LogP contribution in [0.5, 0.6) is 5.75 Å². The summed E-state index contributed by atoms with van der Waals surface area (Å²) in [4.78, 5) is 11.3. The number of aryl methyl sites for hydroxylation is 1. The van der Waals surface area contributed by atoms with Crippen LogP contribution in [-0.4, -0.2) is 17.7 Å². The third-order valence-corrected chi connectivity index (χ3v) is 3.44. The molecule has 3 nitrogen and oxygen atoms in total. The molecular weight excluding hydrogens is 259 g/mol. The van der Waals surface area contributed by atoms with E-state index in [2.05, 4.69) is 0 Å². The van der Waals surface area contributed by atoms with Gasteiger partial charge in [0.15, 0.2) is 0 Å². The van der Waals surface area contributed by atoms with Crippen LogP contribution in [0.4, 0.5) is 4.39 Å². The Kier molecular flexibility index (Phi) is 3.14. The quantitative estimate of drug-likeness (QED) is 0.909. The summed E-state index contributed by atoms with van der Waals surface area (Å²) in [5.74, 6) is -0.988. The van der Waals surface area contributed by atoms with Gasteiger partial charge in [-0.05, 0) is 30.5 Å². The topological polar surface area (TPSA) is 46.5 Å². The predicted molar refractivity (Wildman–Crippen MR) is 72.6 cm³/mol. The van der Waals surface area contributed by atoms with E-state index < -0.39 is 11.8 Å². The minimum Gasteiger partial charge on any atom is -0.493 e. The molecule has 102 valence electrons. The van der Waals surface area contributed by atoms with E-state index in [-0.39, 0.29) is 5.56 Å². The van der Waals surface area contributed by atoms with Crippen molar-refractivity contribution in [2.45, 2.75) is 12.8 Å².